The third-order valence-electron chi connectivity index (χ3n) is 3.80. The zero-order valence-corrected chi connectivity index (χ0v) is 14.6. The van der Waals surface area contributed by atoms with Gasteiger partial charge in [0.15, 0.2) is 0 Å². The summed E-state index contributed by atoms with van der Waals surface area (Å²) >= 11 is 0. The number of hydrogen-bond acceptors (Lipinski definition) is 5. The van der Waals surface area contributed by atoms with E-state index in [2.05, 4.69) is 5.32 Å². The van der Waals surface area contributed by atoms with Gasteiger partial charge in [-0.15, -0.1) is 0 Å². The van der Waals surface area contributed by atoms with Crippen LogP contribution in [0.4, 0.5) is 17.1 Å². The van der Waals surface area contributed by atoms with E-state index < -0.39 is 10.9 Å². The average Bonchev–Trinajstić information content (AvgIpc) is 2.59. The maximum Gasteiger partial charge on any atom is 0.303 e. The summed E-state index contributed by atoms with van der Waals surface area (Å²) < 4.78 is 5.64. The van der Waals surface area contributed by atoms with Gasteiger partial charge >= 0.3 is 5.97 Å². The van der Waals surface area contributed by atoms with Crippen LogP contribution in [0.15, 0.2) is 42.5 Å². The van der Waals surface area contributed by atoms with Crippen LogP contribution in [0, 0.1) is 17.0 Å². The number of nitro groups is 1. The Morgan fingerprint density at radius 1 is 1.15 bits per heavy atom. The molecule has 0 saturated carbocycles. The van der Waals surface area contributed by atoms with Gasteiger partial charge in [-0.2, -0.15) is 0 Å². The molecule has 0 unspecified atom stereocenters. The first-order chi connectivity index (χ1) is 12.5. The zero-order chi connectivity index (χ0) is 18.9. The SMILES string of the molecule is Cc1ccc(Nc2cc(OCCCCCC(=O)O)ccc2[N+](=O)[O-])cc1. The topological polar surface area (TPSA) is 102 Å². The first-order valence-corrected chi connectivity index (χ1v) is 8.42. The number of anilines is 2. The fourth-order valence-electron chi connectivity index (χ4n) is 2.40. The van der Waals surface area contributed by atoms with Gasteiger partial charge in [-0.25, -0.2) is 0 Å². The first kappa shape index (κ1) is 19.2. The fraction of sp³-hybridized carbons (Fsp3) is 0.316. The van der Waals surface area contributed by atoms with Crippen LogP contribution in [0.5, 0.6) is 5.75 Å². The van der Waals surface area contributed by atoms with Crippen LogP contribution < -0.4 is 10.1 Å². The number of unbranched alkanes of at least 4 members (excludes halogenated alkanes) is 2. The minimum Gasteiger partial charge on any atom is -0.494 e. The molecule has 0 spiro atoms. The van der Waals surface area contributed by atoms with E-state index in [0.717, 1.165) is 24.1 Å². The summed E-state index contributed by atoms with van der Waals surface area (Å²) in [6, 6.07) is 12.1. The molecule has 0 saturated heterocycles. The minimum absolute atomic E-state index is 0.0283. The number of nitrogens with one attached hydrogen (secondary N) is 1. The molecule has 7 heteroatoms. The highest BCUT2D eigenvalue weighted by atomic mass is 16.6. The van der Waals surface area contributed by atoms with Crippen molar-refractivity contribution in [2.45, 2.75) is 32.6 Å². The van der Waals surface area contributed by atoms with Crippen molar-refractivity contribution >= 4 is 23.0 Å². The van der Waals surface area contributed by atoms with Crippen LogP contribution in [0.25, 0.3) is 0 Å². The number of hydrogen-bond donors (Lipinski definition) is 2. The summed E-state index contributed by atoms with van der Waals surface area (Å²) in [6.07, 6.45) is 2.25. The van der Waals surface area contributed by atoms with E-state index in [0.29, 0.717) is 24.5 Å². The van der Waals surface area contributed by atoms with Gasteiger partial charge in [0.05, 0.1) is 11.5 Å². The van der Waals surface area contributed by atoms with Crippen LogP contribution >= 0.6 is 0 Å². The van der Waals surface area contributed by atoms with Crippen LogP contribution in [-0.4, -0.2) is 22.6 Å². The summed E-state index contributed by atoms with van der Waals surface area (Å²) in [5.74, 6) is -0.267. The summed E-state index contributed by atoms with van der Waals surface area (Å²) in [5.41, 5.74) is 2.19. The molecular formula is C19H22N2O5. The lowest BCUT2D eigenvalue weighted by Crippen LogP contribution is -2.01. The van der Waals surface area contributed by atoms with Crippen molar-refractivity contribution in [3.63, 3.8) is 0 Å². The van der Waals surface area contributed by atoms with Crippen molar-refractivity contribution in [2.75, 3.05) is 11.9 Å². The molecule has 0 aliphatic carbocycles. The Hall–Kier alpha value is -3.09. The quantitative estimate of drug-likeness (QED) is 0.363. The molecule has 0 fully saturated rings. The number of carboxylic acid groups (broad SMARTS) is 1. The fourth-order valence-corrected chi connectivity index (χ4v) is 2.40. The molecule has 0 aromatic heterocycles. The highest BCUT2D eigenvalue weighted by Gasteiger charge is 2.15. The molecule has 7 nitrogen and oxygen atoms in total. The Balaban J connectivity index is 1.99. The number of ether oxygens (including phenoxy) is 1. The van der Waals surface area contributed by atoms with Gasteiger partial charge in [0.2, 0.25) is 0 Å². The lowest BCUT2D eigenvalue weighted by atomic mass is 10.2. The van der Waals surface area contributed by atoms with E-state index in [-0.39, 0.29) is 12.1 Å². The Morgan fingerprint density at radius 3 is 2.54 bits per heavy atom. The van der Waals surface area contributed by atoms with Crippen molar-refractivity contribution in [3.8, 4) is 5.75 Å². The monoisotopic (exact) mass is 358 g/mol. The Kier molecular flexibility index (Phi) is 6.96. The maximum atomic E-state index is 11.2. The van der Waals surface area contributed by atoms with Gasteiger partial charge in [0.25, 0.3) is 5.69 Å². The molecule has 2 aromatic rings. The van der Waals surface area contributed by atoms with Crippen LogP contribution in [0.2, 0.25) is 0 Å². The second-order valence-corrected chi connectivity index (χ2v) is 5.98. The molecular weight excluding hydrogens is 336 g/mol. The second-order valence-electron chi connectivity index (χ2n) is 5.98. The van der Waals surface area contributed by atoms with E-state index >= 15 is 0 Å². The maximum absolute atomic E-state index is 11.2. The van der Waals surface area contributed by atoms with Gasteiger partial charge < -0.3 is 15.2 Å². The zero-order valence-electron chi connectivity index (χ0n) is 14.6. The Bertz CT molecular complexity index is 759. The Morgan fingerprint density at radius 2 is 1.88 bits per heavy atom. The molecule has 26 heavy (non-hydrogen) atoms. The number of aryl methyl sites for hydroxylation is 1. The summed E-state index contributed by atoms with van der Waals surface area (Å²) in [7, 11) is 0. The molecule has 0 aliphatic heterocycles. The standard InChI is InChI=1S/C19H22N2O5/c1-14-6-8-15(9-7-14)20-17-13-16(10-11-18(17)21(24)25)26-12-4-2-3-5-19(22)23/h6-11,13,20H,2-5,12H2,1H3,(H,22,23). The van der Waals surface area contributed by atoms with Gasteiger partial charge in [-0.05, 0) is 44.4 Å². The molecule has 2 N–H and O–H groups in total. The van der Waals surface area contributed by atoms with Crippen molar-refractivity contribution in [3.05, 3.63) is 58.1 Å². The van der Waals surface area contributed by atoms with E-state index in [4.69, 9.17) is 9.84 Å². The third-order valence-corrected chi connectivity index (χ3v) is 3.80. The van der Waals surface area contributed by atoms with Gasteiger partial charge in [-0.3, -0.25) is 14.9 Å². The van der Waals surface area contributed by atoms with Gasteiger partial charge in [0, 0.05) is 24.2 Å². The molecule has 0 aliphatic rings. The number of rotatable bonds is 10. The molecule has 0 radical (unpaired) electrons. The Labute approximate surface area is 151 Å². The summed E-state index contributed by atoms with van der Waals surface area (Å²) in [4.78, 5) is 21.3. The van der Waals surface area contributed by atoms with Crippen LogP contribution in [0.1, 0.15) is 31.2 Å². The molecule has 2 rings (SSSR count). The van der Waals surface area contributed by atoms with Crippen LogP contribution in [0.3, 0.4) is 0 Å². The lowest BCUT2D eigenvalue weighted by molar-refractivity contribution is -0.383. The number of nitro benzene ring substituents is 1. The van der Waals surface area contributed by atoms with Crippen molar-refractivity contribution in [1.29, 1.82) is 0 Å². The van der Waals surface area contributed by atoms with Crippen molar-refractivity contribution in [2.24, 2.45) is 0 Å². The molecule has 0 amide bonds. The lowest BCUT2D eigenvalue weighted by Gasteiger charge is -2.11. The molecule has 2 aromatic carbocycles. The second kappa shape index (κ2) is 9.41. The van der Waals surface area contributed by atoms with Crippen molar-refractivity contribution in [1.82, 2.24) is 0 Å². The van der Waals surface area contributed by atoms with Crippen LogP contribution in [-0.2, 0) is 4.79 Å². The molecule has 0 bridgehead atoms. The number of carbonyl (C=O) groups is 1. The molecule has 0 heterocycles. The van der Waals surface area contributed by atoms with Gasteiger partial charge in [0.1, 0.15) is 11.4 Å². The van der Waals surface area contributed by atoms with Crippen molar-refractivity contribution < 1.29 is 19.6 Å². The van der Waals surface area contributed by atoms with Gasteiger partial charge in [-0.1, -0.05) is 17.7 Å². The predicted molar refractivity (Wildman–Crippen MR) is 99.2 cm³/mol. The first-order valence-electron chi connectivity index (χ1n) is 8.42. The summed E-state index contributed by atoms with van der Waals surface area (Å²) in [5, 5.41) is 22.9. The van der Waals surface area contributed by atoms with E-state index in [1.54, 1.807) is 12.1 Å². The van der Waals surface area contributed by atoms with E-state index in [1.807, 2.05) is 31.2 Å². The highest BCUT2D eigenvalue weighted by Crippen LogP contribution is 2.31. The molecule has 138 valence electrons. The third kappa shape index (κ3) is 6.08. The number of carboxylic acids is 1. The van der Waals surface area contributed by atoms with E-state index in [9.17, 15) is 14.9 Å². The number of nitrogens with zero attached hydrogens (tertiary/aromatic N) is 1. The molecule has 0 atom stereocenters. The minimum atomic E-state index is -0.798. The average molecular weight is 358 g/mol. The number of aliphatic carboxylic acids is 1. The highest BCUT2D eigenvalue weighted by molar-refractivity contribution is 5.71. The smallest absolute Gasteiger partial charge is 0.303 e. The number of benzene rings is 2. The predicted octanol–water partition coefficient (Wildman–Crippen LogP) is 4.67. The largest absolute Gasteiger partial charge is 0.494 e. The normalized spacial score (nSPS) is 10.3. The summed E-state index contributed by atoms with van der Waals surface area (Å²) in [6.45, 7) is 2.40. The van der Waals surface area contributed by atoms with E-state index in [1.165, 1.54) is 6.07 Å².